The lowest BCUT2D eigenvalue weighted by atomic mass is 9.98. The van der Waals surface area contributed by atoms with Gasteiger partial charge in [0.05, 0.1) is 29.1 Å². The van der Waals surface area contributed by atoms with E-state index in [-0.39, 0.29) is 6.42 Å². The van der Waals surface area contributed by atoms with Crippen LogP contribution in [0.1, 0.15) is 85.5 Å². The Hall–Kier alpha value is -1.60. The molecule has 0 aromatic heterocycles. The van der Waals surface area contributed by atoms with Gasteiger partial charge >= 0.3 is 24.4 Å². The summed E-state index contributed by atoms with van der Waals surface area (Å²) in [5.74, 6) is -0.437. The summed E-state index contributed by atoms with van der Waals surface area (Å²) in [6.07, 6.45) is 3.34. The largest absolute Gasteiger partial charge is 0.439 e. The molecule has 2 aliphatic heterocycles. The molecule has 3 unspecified atom stereocenters. The molecule has 14 nitrogen and oxygen atoms in total. The molecule has 2 aliphatic rings. The molecule has 4 amide bonds. The molecule has 0 radical (unpaired) electrons. The second kappa shape index (κ2) is 17.9. The van der Waals surface area contributed by atoms with E-state index in [2.05, 4.69) is 17.9 Å². The maximum absolute atomic E-state index is 13.6. The van der Waals surface area contributed by atoms with Crippen molar-refractivity contribution in [3.05, 3.63) is 0 Å². The van der Waals surface area contributed by atoms with Gasteiger partial charge in [0.25, 0.3) is 5.79 Å². The van der Waals surface area contributed by atoms with Crippen LogP contribution in [-0.2, 0) is 19.1 Å². The van der Waals surface area contributed by atoms with Crippen molar-refractivity contribution in [1.82, 2.24) is 28.2 Å². The Labute approximate surface area is 278 Å². The molecule has 18 heteroatoms. The minimum absolute atomic E-state index is 0.107. The molecule has 0 saturated carbocycles. The number of hydrogen-bond donors (Lipinski definition) is 2. The molecule has 254 valence electrons. The normalized spacial score (nSPS) is 28.9. The van der Waals surface area contributed by atoms with Crippen LogP contribution in [0.3, 0.4) is 0 Å². The zero-order valence-corrected chi connectivity index (χ0v) is 30.2. The van der Waals surface area contributed by atoms with Crippen molar-refractivity contribution in [3.8, 4) is 0 Å². The molecule has 2 heterocycles. The zero-order chi connectivity index (χ0) is 33.0. The third-order valence-electron chi connectivity index (χ3n) is 6.90. The fourth-order valence-electron chi connectivity index (χ4n) is 4.12. The summed E-state index contributed by atoms with van der Waals surface area (Å²) >= 11 is 4.54. The number of rotatable bonds is 8. The highest BCUT2D eigenvalue weighted by molar-refractivity contribution is 8.00. The highest BCUT2D eigenvalue weighted by Crippen LogP contribution is 2.44. The molecule has 0 bridgehead atoms. The summed E-state index contributed by atoms with van der Waals surface area (Å²) in [5, 5.41) is 0. The highest BCUT2D eigenvalue weighted by Gasteiger charge is 2.58. The van der Waals surface area contributed by atoms with E-state index in [0.29, 0.717) is 25.0 Å². The van der Waals surface area contributed by atoms with E-state index in [0.717, 1.165) is 79.3 Å². The molecule has 2 N–H and O–H groups in total. The van der Waals surface area contributed by atoms with Gasteiger partial charge in [-0.25, -0.2) is 36.4 Å². The van der Waals surface area contributed by atoms with Crippen LogP contribution < -0.4 is 11.0 Å². The van der Waals surface area contributed by atoms with Gasteiger partial charge in [0.2, 0.25) is 0 Å². The number of carbonyl (C=O) groups excluding carboxylic acids is 4. The molecule has 1 spiro atoms. The van der Waals surface area contributed by atoms with Gasteiger partial charge in [-0.3, -0.25) is 0 Å². The van der Waals surface area contributed by atoms with Crippen molar-refractivity contribution >= 4 is 72.2 Å². The van der Waals surface area contributed by atoms with Crippen molar-refractivity contribution in [2.45, 2.75) is 101 Å². The quantitative estimate of drug-likeness (QED) is 0.160. The summed E-state index contributed by atoms with van der Waals surface area (Å²) < 4.78 is 16.7. The number of unbranched alkanes of at least 4 members (excludes halogenated alkanes) is 2. The van der Waals surface area contributed by atoms with Gasteiger partial charge in [-0.15, -0.1) is 34.5 Å². The van der Waals surface area contributed by atoms with Gasteiger partial charge < -0.3 is 19.1 Å². The van der Waals surface area contributed by atoms with Gasteiger partial charge in [-0.05, 0) is 51.0 Å². The summed E-state index contributed by atoms with van der Waals surface area (Å²) in [7, 11) is 5.79. The summed E-state index contributed by atoms with van der Waals surface area (Å²) in [6.45, 7) is 7.85. The van der Waals surface area contributed by atoms with Crippen LogP contribution in [0.25, 0.3) is 0 Å². The monoisotopic (exact) mass is 700 g/mol. The summed E-state index contributed by atoms with van der Waals surface area (Å²) in [4.78, 5) is 61.7. The van der Waals surface area contributed by atoms with Crippen molar-refractivity contribution in [3.63, 3.8) is 0 Å². The first kappa shape index (κ1) is 38.6. The average molecular weight is 701 g/mol. The van der Waals surface area contributed by atoms with E-state index < -0.39 is 39.9 Å². The molecular weight excluding hydrogens is 653 g/mol. The Morgan fingerprint density at radius 2 is 1.14 bits per heavy atom. The van der Waals surface area contributed by atoms with E-state index in [1.54, 1.807) is 18.7 Å². The fourth-order valence-corrected chi connectivity index (χ4v) is 7.89. The van der Waals surface area contributed by atoms with Crippen LogP contribution in [0.2, 0.25) is 0 Å². The van der Waals surface area contributed by atoms with Gasteiger partial charge in [-0.2, -0.15) is 0 Å². The lowest BCUT2D eigenvalue weighted by Crippen LogP contribution is -2.65. The van der Waals surface area contributed by atoms with Crippen molar-refractivity contribution < 1.29 is 38.3 Å². The molecule has 0 aromatic carbocycles. The predicted octanol–water partition coefficient (Wildman–Crippen LogP) is 6.57. The van der Waals surface area contributed by atoms with E-state index in [1.807, 2.05) is 13.8 Å². The minimum Gasteiger partial charge on any atom is -0.402 e. The number of hydrogen-bond acceptors (Lipinski definition) is 14. The first-order valence-electron chi connectivity index (χ1n) is 14.7. The Balaban J connectivity index is 2.54. The van der Waals surface area contributed by atoms with Gasteiger partial charge in [0, 0.05) is 34.6 Å². The predicted molar refractivity (Wildman–Crippen MR) is 176 cm³/mol. The number of ether oxygens (including phenoxy) is 2. The molecule has 0 aromatic rings. The van der Waals surface area contributed by atoms with Crippen molar-refractivity contribution in [2.24, 2.45) is 0 Å². The Bertz CT molecular complexity index is 989. The molecule has 2 rings (SSSR count). The van der Waals surface area contributed by atoms with Crippen LogP contribution in [-0.4, -0.2) is 96.8 Å². The fraction of sp³-hybridized carbons (Fsp3) is 0.846. The van der Waals surface area contributed by atoms with Gasteiger partial charge in [-0.1, -0.05) is 39.5 Å². The zero-order valence-electron chi connectivity index (χ0n) is 27.0. The maximum Gasteiger partial charge on any atom is 0.439 e. The number of carbonyl (C=O) groups is 4. The third-order valence-corrected chi connectivity index (χ3v) is 11.4. The second-order valence-electron chi connectivity index (χ2n) is 10.8. The van der Waals surface area contributed by atoms with Crippen LogP contribution in [0.4, 0.5) is 19.2 Å². The van der Waals surface area contributed by atoms with Crippen LogP contribution in [0, 0.1) is 0 Å². The Morgan fingerprint density at radius 3 is 1.66 bits per heavy atom. The maximum atomic E-state index is 13.6. The van der Waals surface area contributed by atoms with E-state index >= 15 is 0 Å². The number of amides is 4. The van der Waals surface area contributed by atoms with Crippen molar-refractivity contribution in [1.29, 1.82) is 0 Å². The van der Waals surface area contributed by atoms with Crippen LogP contribution in [0.5, 0.6) is 0 Å². The summed E-state index contributed by atoms with van der Waals surface area (Å²) in [6, 6.07) is 0. The Kier molecular flexibility index (Phi) is 15.7. The van der Waals surface area contributed by atoms with E-state index in [1.165, 1.54) is 40.0 Å². The summed E-state index contributed by atoms with van der Waals surface area (Å²) in [5.41, 5.74) is 5.76. The third kappa shape index (κ3) is 11.0. The van der Waals surface area contributed by atoms with Gasteiger partial charge in [0.15, 0.2) is 4.87 Å². The molecule has 3 atom stereocenters. The topological polar surface area (TPSA) is 142 Å². The first-order valence-corrected chi connectivity index (χ1v) is 18.2. The second-order valence-corrected chi connectivity index (χ2v) is 16.4. The number of hydroxylamine groups is 2. The van der Waals surface area contributed by atoms with Crippen LogP contribution in [0.15, 0.2) is 0 Å². The first-order chi connectivity index (χ1) is 20.7. The lowest BCUT2D eigenvalue weighted by molar-refractivity contribution is -0.214. The molecule has 2 saturated heterocycles. The molecule has 44 heavy (non-hydrogen) atoms. The van der Waals surface area contributed by atoms with Crippen LogP contribution >= 0.6 is 47.8 Å². The SMILES string of the molecule is CCCCSC1(C)CCCCCC2(OC(=O)N(C)SN(C)C(=O)ON1)OC(=O)N(C)SN(C)C(=O)ONC2(C)SCCCC. The van der Waals surface area contributed by atoms with E-state index in [9.17, 15) is 19.2 Å². The molecular formula is C26H48N6O8S4. The Morgan fingerprint density at radius 1 is 0.682 bits per heavy atom. The number of nitrogens with zero attached hydrogens (tertiary/aromatic N) is 4. The molecule has 2 fully saturated rings. The van der Waals surface area contributed by atoms with E-state index in [4.69, 9.17) is 19.1 Å². The van der Waals surface area contributed by atoms with Gasteiger partial charge in [0.1, 0.15) is 0 Å². The smallest absolute Gasteiger partial charge is 0.402 e. The molecule has 0 aliphatic carbocycles. The standard InChI is InChI=1S/C26H48N6O8S4/c1-9-11-18-41-24(3)16-14-13-15-17-26(37-20(33)29(5)43-31(7)22(35)39-27-24)25(4,42-19-12-10-2)28-40-23(36)32(8)44-30(6)21(34)38-26/h27-28H,9-19H2,1-8H3. The highest BCUT2D eigenvalue weighted by atomic mass is 32.2. The minimum atomic E-state index is -1.92. The lowest BCUT2D eigenvalue weighted by Gasteiger charge is -2.46. The average Bonchev–Trinajstić information content (AvgIpc) is 2.97. The number of nitrogens with one attached hydrogen (secondary N) is 2. The number of thioether (sulfide) groups is 2. The van der Waals surface area contributed by atoms with Crippen molar-refractivity contribution in [2.75, 3.05) is 39.7 Å².